The minimum Gasteiger partial charge on any atom is -0.285 e. The molecule has 0 spiro atoms. The van der Waals surface area contributed by atoms with Crippen LogP contribution in [0.5, 0.6) is 0 Å². The van der Waals surface area contributed by atoms with Crippen LogP contribution in [0.1, 0.15) is 38.0 Å². The van der Waals surface area contributed by atoms with Gasteiger partial charge in [0, 0.05) is 35.9 Å². The van der Waals surface area contributed by atoms with E-state index in [0.717, 1.165) is 11.1 Å². The van der Waals surface area contributed by atoms with E-state index in [1.165, 1.54) is 17.4 Å². The van der Waals surface area contributed by atoms with Gasteiger partial charge < -0.3 is 0 Å². The van der Waals surface area contributed by atoms with Gasteiger partial charge in [0.15, 0.2) is 0 Å². The zero-order chi connectivity index (χ0) is 19.3. The number of hydrogen-bond acceptors (Lipinski definition) is 6. The molecule has 1 atom stereocenters. The maximum absolute atomic E-state index is 12.9. The lowest BCUT2D eigenvalue weighted by molar-refractivity contribution is 0.0599. The molecule has 28 heavy (non-hydrogen) atoms. The van der Waals surface area contributed by atoms with Gasteiger partial charge in [0.05, 0.1) is 17.3 Å². The lowest BCUT2D eigenvalue weighted by atomic mass is 10.0. The fraction of sp³-hybridized carbons (Fsp3) is 0.0500. The molecule has 0 saturated carbocycles. The molecule has 2 N–H and O–H groups in total. The van der Waals surface area contributed by atoms with Gasteiger partial charge in [0.2, 0.25) is 0 Å². The molecule has 1 aliphatic heterocycles. The van der Waals surface area contributed by atoms with Gasteiger partial charge >= 0.3 is 0 Å². The smallest absolute Gasteiger partial charge is 0.277 e. The first-order valence-corrected chi connectivity index (χ1v) is 8.56. The van der Waals surface area contributed by atoms with Gasteiger partial charge in [-0.2, -0.15) is 5.10 Å². The van der Waals surface area contributed by atoms with Crippen LogP contribution in [0.25, 0.3) is 0 Å². The molecule has 2 amide bonds. The number of carbonyl (C=O) groups excluding carboxylic acids is 2. The Hall–Kier alpha value is -3.91. The number of benzene rings is 1. The highest BCUT2D eigenvalue weighted by molar-refractivity contribution is 5.96. The van der Waals surface area contributed by atoms with Gasteiger partial charge in [-0.25, -0.2) is 10.4 Å². The van der Waals surface area contributed by atoms with Gasteiger partial charge in [-0.3, -0.25) is 25.0 Å². The van der Waals surface area contributed by atoms with Crippen molar-refractivity contribution in [3.63, 3.8) is 0 Å². The van der Waals surface area contributed by atoms with Gasteiger partial charge in [-0.1, -0.05) is 24.3 Å². The van der Waals surface area contributed by atoms with Crippen LogP contribution in [0, 0.1) is 0 Å². The Kier molecular flexibility index (Phi) is 4.85. The van der Waals surface area contributed by atoms with Crippen molar-refractivity contribution in [3.8, 4) is 0 Å². The summed E-state index contributed by atoms with van der Waals surface area (Å²) in [7, 11) is 0. The molecule has 8 nitrogen and oxygen atoms in total. The molecule has 4 rings (SSSR count). The van der Waals surface area contributed by atoms with Crippen molar-refractivity contribution in [2.24, 2.45) is 5.10 Å². The number of fused-ring (bicyclic) bond motifs is 1. The van der Waals surface area contributed by atoms with Crippen LogP contribution in [0.4, 0.5) is 0 Å². The van der Waals surface area contributed by atoms with Crippen LogP contribution in [0.2, 0.25) is 0 Å². The topological polar surface area (TPSA) is 99.6 Å². The molecule has 0 fully saturated rings. The molecule has 138 valence electrons. The number of hydrazine groups is 1. The SMILES string of the molecule is O=C(NNC1c2ccccc2C=NN1C(=O)c1cccnc1)c1cccnc1. The Morgan fingerprint density at radius 1 is 0.893 bits per heavy atom. The monoisotopic (exact) mass is 372 g/mol. The van der Waals surface area contributed by atoms with Gasteiger partial charge in [0.1, 0.15) is 6.17 Å². The molecule has 0 bridgehead atoms. The normalized spacial score (nSPS) is 15.0. The number of amides is 2. The third-order valence-corrected chi connectivity index (χ3v) is 4.22. The molecule has 0 saturated heterocycles. The Morgan fingerprint density at radius 2 is 1.61 bits per heavy atom. The second kappa shape index (κ2) is 7.77. The van der Waals surface area contributed by atoms with Crippen molar-refractivity contribution >= 4 is 18.0 Å². The van der Waals surface area contributed by atoms with Crippen LogP contribution in [-0.4, -0.2) is 33.0 Å². The van der Waals surface area contributed by atoms with Crippen LogP contribution in [0.3, 0.4) is 0 Å². The minimum atomic E-state index is -0.686. The molecule has 1 aliphatic rings. The third-order valence-electron chi connectivity index (χ3n) is 4.22. The van der Waals surface area contributed by atoms with Crippen molar-refractivity contribution in [1.29, 1.82) is 0 Å². The predicted octanol–water partition coefficient (Wildman–Crippen LogP) is 1.90. The number of nitrogens with one attached hydrogen (secondary N) is 2. The van der Waals surface area contributed by atoms with Crippen molar-refractivity contribution in [2.75, 3.05) is 0 Å². The zero-order valence-corrected chi connectivity index (χ0v) is 14.7. The number of pyridine rings is 2. The maximum atomic E-state index is 12.9. The van der Waals surface area contributed by atoms with E-state index in [-0.39, 0.29) is 11.8 Å². The molecule has 8 heteroatoms. The molecule has 1 aromatic carbocycles. The second-order valence-corrected chi connectivity index (χ2v) is 6.01. The summed E-state index contributed by atoms with van der Waals surface area (Å²) in [5.41, 5.74) is 8.00. The molecule has 1 unspecified atom stereocenters. The minimum absolute atomic E-state index is 0.341. The quantitative estimate of drug-likeness (QED) is 0.682. The summed E-state index contributed by atoms with van der Waals surface area (Å²) in [6.07, 6.45) is 7.05. The third kappa shape index (κ3) is 3.49. The summed E-state index contributed by atoms with van der Waals surface area (Å²) in [6.45, 7) is 0. The first-order chi connectivity index (χ1) is 13.7. The first-order valence-electron chi connectivity index (χ1n) is 8.56. The van der Waals surface area contributed by atoms with Crippen LogP contribution < -0.4 is 10.9 Å². The largest absolute Gasteiger partial charge is 0.285 e. The average molecular weight is 372 g/mol. The van der Waals surface area contributed by atoms with E-state index in [9.17, 15) is 9.59 Å². The van der Waals surface area contributed by atoms with Crippen molar-refractivity contribution in [2.45, 2.75) is 6.17 Å². The summed E-state index contributed by atoms with van der Waals surface area (Å²) in [5, 5.41) is 5.56. The van der Waals surface area contributed by atoms with E-state index in [1.807, 2.05) is 24.3 Å². The van der Waals surface area contributed by atoms with Gasteiger partial charge in [-0.05, 0) is 24.3 Å². The van der Waals surface area contributed by atoms with Crippen LogP contribution >= 0.6 is 0 Å². The highest BCUT2D eigenvalue weighted by atomic mass is 16.2. The number of aromatic nitrogens is 2. The second-order valence-electron chi connectivity index (χ2n) is 6.01. The van der Waals surface area contributed by atoms with E-state index >= 15 is 0 Å². The molecular weight excluding hydrogens is 356 g/mol. The van der Waals surface area contributed by atoms with Crippen molar-refractivity contribution in [1.82, 2.24) is 25.8 Å². The summed E-state index contributed by atoms with van der Waals surface area (Å²) in [5.74, 6) is -0.708. The zero-order valence-electron chi connectivity index (χ0n) is 14.7. The van der Waals surface area contributed by atoms with E-state index in [2.05, 4.69) is 25.9 Å². The van der Waals surface area contributed by atoms with Gasteiger partial charge in [0.25, 0.3) is 11.8 Å². The fourth-order valence-electron chi connectivity index (χ4n) is 2.83. The number of hydrazone groups is 1. The van der Waals surface area contributed by atoms with Crippen molar-refractivity contribution in [3.05, 3.63) is 95.6 Å². The Labute approximate surface area is 160 Å². The molecule has 3 aromatic rings. The highest BCUT2D eigenvalue weighted by Gasteiger charge is 2.30. The summed E-state index contributed by atoms with van der Waals surface area (Å²) >= 11 is 0. The van der Waals surface area contributed by atoms with Crippen LogP contribution in [0.15, 0.2) is 78.4 Å². The number of nitrogens with zero attached hydrogens (tertiary/aromatic N) is 4. The van der Waals surface area contributed by atoms with Crippen LogP contribution in [-0.2, 0) is 0 Å². The van der Waals surface area contributed by atoms with E-state index < -0.39 is 6.17 Å². The summed E-state index contributed by atoms with van der Waals surface area (Å²) in [6, 6.07) is 14.2. The van der Waals surface area contributed by atoms with E-state index in [4.69, 9.17) is 0 Å². The molecule has 0 radical (unpaired) electrons. The lowest BCUT2D eigenvalue weighted by Crippen LogP contribution is -2.49. The molecule has 2 aromatic heterocycles. The average Bonchev–Trinajstić information content (AvgIpc) is 2.77. The molecule has 3 heterocycles. The Bertz CT molecular complexity index is 1020. The number of rotatable bonds is 4. The Morgan fingerprint density at radius 3 is 2.32 bits per heavy atom. The summed E-state index contributed by atoms with van der Waals surface area (Å²) in [4.78, 5) is 33.2. The Balaban J connectivity index is 1.61. The van der Waals surface area contributed by atoms with Gasteiger partial charge in [-0.15, -0.1) is 0 Å². The van der Waals surface area contributed by atoms with Crippen molar-refractivity contribution < 1.29 is 9.59 Å². The first kappa shape index (κ1) is 17.5. The van der Waals surface area contributed by atoms with E-state index in [0.29, 0.717) is 11.1 Å². The lowest BCUT2D eigenvalue weighted by Gasteiger charge is -2.32. The highest BCUT2D eigenvalue weighted by Crippen LogP contribution is 2.26. The predicted molar refractivity (Wildman–Crippen MR) is 102 cm³/mol. The molecular formula is C20H16N6O2. The molecule has 0 aliphatic carbocycles. The van der Waals surface area contributed by atoms with E-state index in [1.54, 1.807) is 42.9 Å². The fourth-order valence-corrected chi connectivity index (χ4v) is 2.83. The summed E-state index contributed by atoms with van der Waals surface area (Å²) < 4.78 is 0. The number of carbonyl (C=O) groups is 2. The standard InChI is InChI=1S/C20H16N6O2/c27-19(15-6-3-9-21-11-15)25-24-18-17-8-2-1-5-14(17)13-23-26(18)20(28)16-7-4-10-22-12-16/h1-13,18,24H,(H,25,27). The maximum Gasteiger partial charge on any atom is 0.277 e. The number of hydrogen-bond donors (Lipinski definition) is 2.